The summed E-state index contributed by atoms with van der Waals surface area (Å²) in [6, 6.07) is 5.82. The fraction of sp³-hybridized carbons (Fsp3) is 0.400. The topological polar surface area (TPSA) is 47.3 Å². The maximum atomic E-state index is 10.2. The van der Waals surface area contributed by atoms with Crippen molar-refractivity contribution >= 4 is 0 Å². The van der Waals surface area contributed by atoms with Gasteiger partial charge in [-0.25, -0.2) is 4.98 Å². The highest BCUT2D eigenvalue weighted by molar-refractivity contribution is 5.37. The Kier molecular flexibility index (Phi) is 4.22. The Balaban J connectivity index is 2.03. The molecule has 4 nitrogen and oxygen atoms in total. The van der Waals surface area contributed by atoms with Gasteiger partial charge in [-0.2, -0.15) is 0 Å². The molecule has 0 radical (unpaired) electrons. The Morgan fingerprint density at radius 2 is 2.21 bits per heavy atom. The number of hydrogen-bond donors (Lipinski definition) is 1. The van der Waals surface area contributed by atoms with E-state index in [4.69, 9.17) is 4.74 Å². The normalized spacial score (nSPS) is 12.4. The third-order valence-corrected chi connectivity index (χ3v) is 3.38. The van der Waals surface area contributed by atoms with Gasteiger partial charge in [0.1, 0.15) is 11.6 Å². The van der Waals surface area contributed by atoms with E-state index in [-0.39, 0.29) is 0 Å². The van der Waals surface area contributed by atoms with Gasteiger partial charge >= 0.3 is 0 Å². The van der Waals surface area contributed by atoms with Gasteiger partial charge in [-0.15, -0.1) is 0 Å². The zero-order chi connectivity index (χ0) is 13.8. The van der Waals surface area contributed by atoms with E-state index in [2.05, 4.69) is 4.98 Å². The quantitative estimate of drug-likeness (QED) is 0.898. The summed E-state index contributed by atoms with van der Waals surface area (Å²) in [5.41, 5.74) is 1.96. The van der Waals surface area contributed by atoms with Crippen LogP contribution in [0.4, 0.5) is 0 Å². The van der Waals surface area contributed by atoms with Gasteiger partial charge in [0.2, 0.25) is 0 Å². The molecule has 1 unspecified atom stereocenters. The molecule has 0 bridgehead atoms. The summed E-state index contributed by atoms with van der Waals surface area (Å²) < 4.78 is 7.25. The van der Waals surface area contributed by atoms with Crippen molar-refractivity contribution in [1.82, 2.24) is 9.55 Å². The number of imidazole rings is 1. The average Bonchev–Trinajstić information content (AvgIpc) is 2.82. The largest absolute Gasteiger partial charge is 0.496 e. The van der Waals surface area contributed by atoms with Gasteiger partial charge in [-0.05, 0) is 30.5 Å². The smallest absolute Gasteiger partial charge is 0.122 e. The molecular formula is C15H20N2O2. The molecule has 1 N–H and O–H groups in total. The predicted octanol–water partition coefficient (Wildman–Crippen LogP) is 2.40. The lowest BCUT2D eigenvalue weighted by molar-refractivity contribution is 0.166. The van der Waals surface area contributed by atoms with E-state index in [1.807, 2.05) is 42.9 Å². The lowest BCUT2D eigenvalue weighted by atomic mass is 10.0. The molecule has 1 aromatic heterocycles. The van der Waals surface area contributed by atoms with Crippen molar-refractivity contribution in [3.05, 3.63) is 47.5 Å². The van der Waals surface area contributed by atoms with E-state index < -0.39 is 6.10 Å². The minimum absolute atomic E-state index is 0.494. The monoisotopic (exact) mass is 260 g/mol. The molecular weight excluding hydrogens is 240 g/mol. The van der Waals surface area contributed by atoms with Crippen molar-refractivity contribution in [1.29, 1.82) is 0 Å². The van der Waals surface area contributed by atoms with Crippen LogP contribution in [0.5, 0.6) is 5.75 Å². The summed E-state index contributed by atoms with van der Waals surface area (Å²) in [6.45, 7) is 1.99. The van der Waals surface area contributed by atoms with E-state index in [0.717, 1.165) is 29.1 Å². The fourth-order valence-corrected chi connectivity index (χ4v) is 2.11. The first kappa shape index (κ1) is 13.6. The van der Waals surface area contributed by atoms with Crippen LogP contribution in [0, 0.1) is 6.92 Å². The summed E-state index contributed by atoms with van der Waals surface area (Å²) in [6.07, 6.45) is 4.59. The van der Waals surface area contributed by atoms with Gasteiger partial charge in [-0.3, -0.25) is 0 Å². The van der Waals surface area contributed by atoms with Crippen LogP contribution in [0.3, 0.4) is 0 Å². The first-order valence-corrected chi connectivity index (χ1v) is 6.40. The second-order valence-corrected chi connectivity index (χ2v) is 4.74. The number of aromatic nitrogens is 2. The molecule has 1 atom stereocenters. The maximum absolute atomic E-state index is 10.2. The van der Waals surface area contributed by atoms with Crippen molar-refractivity contribution < 1.29 is 9.84 Å². The van der Waals surface area contributed by atoms with Crippen LogP contribution in [0.1, 0.15) is 29.5 Å². The number of benzene rings is 1. The molecule has 0 amide bonds. The zero-order valence-corrected chi connectivity index (χ0v) is 11.6. The summed E-state index contributed by atoms with van der Waals surface area (Å²) in [7, 11) is 3.61. The van der Waals surface area contributed by atoms with Crippen LogP contribution in [0.25, 0.3) is 0 Å². The van der Waals surface area contributed by atoms with E-state index in [1.54, 1.807) is 13.3 Å². The molecule has 0 aliphatic carbocycles. The molecule has 2 rings (SSSR count). The Morgan fingerprint density at radius 3 is 2.84 bits per heavy atom. The Labute approximate surface area is 113 Å². The maximum Gasteiger partial charge on any atom is 0.122 e. The molecule has 2 aromatic rings. The lowest BCUT2D eigenvalue weighted by Gasteiger charge is -2.13. The van der Waals surface area contributed by atoms with Crippen molar-refractivity contribution in [2.75, 3.05) is 7.11 Å². The first-order valence-electron chi connectivity index (χ1n) is 6.40. The van der Waals surface area contributed by atoms with Crippen LogP contribution < -0.4 is 4.74 Å². The Morgan fingerprint density at radius 1 is 1.42 bits per heavy atom. The lowest BCUT2D eigenvalue weighted by Crippen LogP contribution is -2.04. The second-order valence-electron chi connectivity index (χ2n) is 4.74. The van der Waals surface area contributed by atoms with E-state index in [1.165, 1.54) is 0 Å². The van der Waals surface area contributed by atoms with Crippen molar-refractivity contribution in [2.45, 2.75) is 25.9 Å². The van der Waals surface area contributed by atoms with Gasteiger partial charge in [0.15, 0.2) is 0 Å². The van der Waals surface area contributed by atoms with Gasteiger partial charge in [-0.1, -0.05) is 12.1 Å². The molecule has 4 heteroatoms. The average molecular weight is 260 g/mol. The fourth-order valence-electron chi connectivity index (χ4n) is 2.11. The van der Waals surface area contributed by atoms with Crippen LogP contribution >= 0.6 is 0 Å². The zero-order valence-electron chi connectivity index (χ0n) is 11.6. The Hall–Kier alpha value is -1.81. The summed E-state index contributed by atoms with van der Waals surface area (Å²) in [4.78, 5) is 4.26. The van der Waals surface area contributed by atoms with Crippen molar-refractivity contribution in [3.8, 4) is 5.75 Å². The molecule has 0 aliphatic rings. The second kappa shape index (κ2) is 5.89. The van der Waals surface area contributed by atoms with Gasteiger partial charge in [0, 0.05) is 25.9 Å². The SMILES string of the molecule is COc1cc(C(O)CCc2nccn2C)ccc1C. The number of methoxy groups -OCH3 is 1. The van der Waals surface area contributed by atoms with Crippen LogP contribution in [-0.4, -0.2) is 21.8 Å². The molecule has 0 fully saturated rings. The van der Waals surface area contributed by atoms with Crippen LogP contribution in [0.15, 0.2) is 30.6 Å². The molecule has 102 valence electrons. The molecule has 0 saturated carbocycles. The molecule has 1 heterocycles. The number of aryl methyl sites for hydroxylation is 3. The van der Waals surface area contributed by atoms with E-state index in [0.29, 0.717) is 6.42 Å². The molecule has 0 aliphatic heterocycles. The highest BCUT2D eigenvalue weighted by Crippen LogP contribution is 2.25. The van der Waals surface area contributed by atoms with E-state index in [9.17, 15) is 5.11 Å². The highest BCUT2D eigenvalue weighted by Gasteiger charge is 2.11. The summed E-state index contributed by atoms with van der Waals surface area (Å²) >= 11 is 0. The van der Waals surface area contributed by atoms with Gasteiger partial charge in [0.05, 0.1) is 13.2 Å². The first-order chi connectivity index (χ1) is 9.11. The summed E-state index contributed by atoms with van der Waals surface area (Å²) in [5, 5.41) is 10.2. The van der Waals surface area contributed by atoms with Crippen LogP contribution in [-0.2, 0) is 13.5 Å². The highest BCUT2D eigenvalue weighted by atomic mass is 16.5. The standard InChI is InChI=1S/C15H20N2O2/c1-11-4-5-12(10-14(11)19-3)13(18)6-7-15-16-8-9-17(15)2/h4-5,8-10,13,18H,6-7H2,1-3H3. The van der Waals surface area contributed by atoms with Crippen LogP contribution in [0.2, 0.25) is 0 Å². The third kappa shape index (κ3) is 3.15. The molecule has 0 spiro atoms. The number of aliphatic hydroxyl groups is 1. The molecule has 19 heavy (non-hydrogen) atoms. The van der Waals surface area contributed by atoms with Crippen molar-refractivity contribution in [3.63, 3.8) is 0 Å². The number of aliphatic hydroxyl groups excluding tert-OH is 1. The number of ether oxygens (including phenoxy) is 1. The molecule has 1 aromatic carbocycles. The van der Waals surface area contributed by atoms with Crippen molar-refractivity contribution in [2.24, 2.45) is 7.05 Å². The summed E-state index contributed by atoms with van der Waals surface area (Å²) in [5.74, 6) is 1.80. The number of rotatable bonds is 5. The Bertz CT molecular complexity index is 549. The molecule has 0 saturated heterocycles. The van der Waals surface area contributed by atoms with Gasteiger partial charge < -0.3 is 14.4 Å². The third-order valence-electron chi connectivity index (χ3n) is 3.38. The minimum Gasteiger partial charge on any atom is -0.496 e. The van der Waals surface area contributed by atoms with E-state index >= 15 is 0 Å². The number of nitrogens with zero attached hydrogens (tertiary/aromatic N) is 2. The number of hydrogen-bond acceptors (Lipinski definition) is 3. The van der Waals surface area contributed by atoms with Gasteiger partial charge in [0.25, 0.3) is 0 Å². The minimum atomic E-state index is -0.494. The predicted molar refractivity (Wildman–Crippen MR) is 74.2 cm³/mol.